The molecule has 0 fully saturated rings. The molecule has 0 spiro atoms. The summed E-state index contributed by atoms with van der Waals surface area (Å²) in [4.78, 5) is 0. The Morgan fingerprint density at radius 2 is 1.73 bits per heavy atom. The lowest BCUT2D eigenvalue weighted by molar-refractivity contribution is 1.27. The minimum atomic E-state index is 0.911. The van der Waals surface area contributed by atoms with Crippen LogP contribution in [-0.2, 0) is 5.33 Å². The summed E-state index contributed by atoms with van der Waals surface area (Å²) in [7, 11) is 0. The second-order valence-electron chi connectivity index (χ2n) is 2.66. The average Bonchev–Trinajstić information content (AvgIpc) is 1.97. The van der Waals surface area contributed by atoms with E-state index in [1.165, 1.54) is 21.2 Å². The van der Waals surface area contributed by atoms with Crippen LogP contribution in [0.15, 0.2) is 16.6 Å². The van der Waals surface area contributed by atoms with Crippen LogP contribution in [-0.4, -0.2) is 0 Å². The molecule has 0 nitrogen and oxygen atoms in total. The van der Waals surface area contributed by atoms with Crippen LogP contribution >= 0.6 is 31.9 Å². The maximum Gasteiger partial charge on any atom is 0.0294 e. The highest BCUT2D eigenvalue weighted by molar-refractivity contribution is 9.10. The SMILES string of the molecule is Cc1cc(Br)c(CBr)cc1C. The summed E-state index contributed by atoms with van der Waals surface area (Å²) in [5, 5.41) is 0.911. The van der Waals surface area contributed by atoms with Crippen LogP contribution in [0.25, 0.3) is 0 Å². The van der Waals surface area contributed by atoms with Gasteiger partial charge in [-0.05, 0) is 36.6 Å². The van der Waals surface area contributed by atoms with Crippen LogP contribution < -0.4 is 0 Å². The molecule has 11 heavy (non-hydrogen) atoms. The largest absolute Gasteiger partial charge is 0.0876 e. The minimum absolute atomic E-state index is 0.911. The number of rotatable bonds is 1. The van der Waals surface area contributed by atoms with Crippen LogP contribution in [0.4, 0.5) is 0 Å². The number of halogens is 2. The van der Waals surface area contributed by atoms with Gasteiger partial charge in [0.15, 0.2) is 0 Å². The Morgan fingerprint density at radius 3 is 2.27 bits per heavy atom. The van der Waals surface area contributed by atoms with Crippen LogP contribution in [0.1, 0.15) is 16.7 Å². The van der Waals surface area contributed by atoms with Gasteiger partial charge in [-0.2, -0.15) is 0 Å². The fourth-order valence-corrected chi connectivity index (χ4v) is 2.38. The van der Waals surface area contributed by atoms with E-state index in [2.05, 4.69) is 57.8 Å². The predicted molar refractivity (Wildman–Crippen MR) is 56.2 cm³/mol. The highest BCUT2D eigenvalue weighted by atomic mass is 79.9. The first-order valence-electron chi connectivity index (χ1n) is 3.46. The molecule has 0 bridgehead atoms. The molecule has 0 unspecified atom stereocenters. The molecule has 60 valence electrons. The standard InChI is InChI=1S/C9H10Br2/c1-6-3-8(5-10)9(11)4-7(6)2/h3-4H,5H2,1-2H3. The first-order valence-corrected chi connectivity index (χ1v) is 5.38. The summed E-state index contributed by atoms with van der Waals surface area (Å²) in [5.41, 5.74) is 4.00. The van der Waals surface area contributed by atoms with E-state index in [1.54, 1.807) is 0 Å². The Morgan fingerprint density at radius 1 is 1.18 bits per heavy atom. The van der Waals surface area contributed by atoms with E-state index < -0.39 is 0 Å². The molecule has 0 amide bonds. The van der Waals surface area contributed by atoms with E-state index in [9.17, 15) is 0 Å². The van der Waals surface area contributed by atoms with Crippen molar-refractivity contribution < 1.29 is 0 Å². The summed E-state index contributed by atoms with van der Waals surface area (Å²) in [6.07, 6.45) is 0. The number of alkyl halides is 1. The van der Waals surface area contributed by atoms with Gasteiger partial charge >= 0.3 is 0 Å². The van der Waals surface area contributed by atoms with Crippen molar-refractivity contribution in [2.24, 2.45) is 0 Å². The zero-order valence-corrected chi connectivity index (χ0v) is 9.79. The highest BCUT2D eigenvalue weighted by Crippen LogP contribution is 2.23. The van der Waals surface area contributed by atoms with E-state index in [-0.39, 0.29) is 0 Å². The fourth-order valence-electron chi connectivity index (χ4n) is 0.943. The molecule has 0 atom stereocenters. The molecule has 1 rings (SSSR count). The molecule has 0 aliphatic carbocycles. The fraction of sp³-hybridized carbons (Fsp3) is 0.333. The zero-order valence-electron chi connectivity index (χ0n) is 6.62. The van der Waals surface area contributed by atoms with Gasteiger partial charge in [-0.15, -0.1) is 0 Å². The molecule has 0 aromatic heterocycles. The van der Waals surface area contributed by atoms with Crippen molar-refractivity contribution in [1.29, 1.82) is 0 Å². The van der Waals surface area contributed by atoms with E-state index in [1.807, 2.05) is 0 Å². The number of hydrogen-bond acceptors (Lipinski definition) is 0. The number of benzene rings is 1. The van der Waals surface area contributed by atoms with Crippen LogP contribution in [0.2, 0.25) is 0 Å². The second kappa shape index (κ2) is 3.72. The van der Waals surface area contributed by atoms with Crippen molar-refractivity contribution in [3.63, 3.8) is 0 Å². The molecule has 0 radical (unpaired) electrons. The molecule has 0 saturated heterocycles. The van der Waals surface area contributed by atoms with E-state index in [0.29, 0.717) is 0 Å². The summed E-state index contributed by atoms with van der Waals surface area (Å²) >= 11 is 6.95. The van der Waals surface area contributed by atoms with Gasteiger partial charge in [0.25, 0.3) is 0 Å². The van der Waals surface area contributed by atoms with Crippen molar-refractivity contribution in [3.05, 3.63) is 33.3 Å². The Hall–Kier alpha value is 0.180. The second-order valence-corrected chi connectivity index (χ2v) is 4.08. The van der Waals surface area contributed by atoms with E-state index >= 15 is 0 Å². The summed E-state index contributed by atoms with van der Waals surface area (Å²) in [5.74, 6) is 0. The van der Waals surface area contributed by atoms with Crippen molar-refractivity contribution in [1.82, 2.24) is 0 Å². The molecule has 0 heterocycles. The normalized spacial score (nSPS) is 10.2. The topological polar surface area (TPSA) is 0 Å². The minimum Gasteiger partial charge on any atom is -0.0876 e. The quantitative estimate of drug-likeness (QED) is 0.682. The van der Waals surface area contributed by atoms with Crippen LogP contribution in [0, 0.1) is 13.8 Å². The molecular formula is C9H10Br2. The van der Waals surface area contributed by atoms with Gasteiger partial charge in [-0.1, -0.05) is 37.9 Å². The van der Waals surface area contributed by atoms with Crippen molar-refractivity contribution >= 4 is 31.9 Å². The van der Waals surface area contributed by atoms with Crippen molar-refractivity contribution in [2.45, 2.75) is 19.2 Å². The number of hydrogen-bond donors (Lipinski definition) is 0. The lowest BCUT2D eigenvalue weighted by Crippen LogP contribution is -1.86. The Bertz CT molecular complexity index is 267. The first-order chi connectivity index (χ1) is 5.15. The third kappa shape index (κ3) is 2.06. The molecule has 0 aliphatic heterocycles. The van der Waals surface area contributed by atoms with Gasteiger partial charge in [0.05, 0.1) is 0 Å². The van der Waals surface area contributed by atoms with Gasteiger partial charge in [-0.25, -0.2) is 0 Å². The van der Waals surface area contributed by atoms with Crippen LogP contribution in [0.5, 0.6) is 0 Å². The summed E-state index contributed by atoms with van der Waals surface area (Å²) < 4.78 is 1.19. The smallest absolute Gasteiger partial charge is 0.0294 e. The average molecular weight is 278 g/mol. The molecule has 1 aromatic carbocycles. The molecule has 0 aliphatic rings. The molecule has 0 N–H and O–H groups in total. The van der Waals surface area contributed by atoms with Gasteiger partial charge in [0.2, 0.25) is 0 Å². The van der Waals surface area contributed by atoms with Crippen molar-refractivity contribution in [2.75, 3.05) is 0 Å². The summed E-state index contributed by atoms with van der Waals surface area (Å²) in [6.45, 7) is 4.26. The Kier molecular flexibility index (Phi) is 3.14. The van der Waals surface area contributed by atoms with Gasteiger partial charge in [0.1, 0.15) is 0 Å². The molecule has 2 heteroatoms. The zero-order chi connectivity index (χ0) is 8.43. The predicted octanol–water partition coefficient (Wildman–Crippen LogP) is 3.96. The monoisotopic (exact) mass is 276 g/mol. The lowest BCUT2D eigenvalue weighted by Gasteiger charge is -2.04. The summed E-state index contributed by atoms with van der Waals surface area (Å²) in [6, 6.07) is 4.36. The van der Waals surface area contributed by atoms with Gasteiger partial charge < -0.3 is 0 Å². The molecular weight excluding hydrogens is 268 g/mol. The van der Waals surface area contributed by atoms with E-state index in [4.69, 9.17) is 0 Å². The van der Waals surface area contributed by atoms with E-state index in [0.717, 1.165) is 5.33 Å². The first kappa shape index (κ1) is 9.27. The molecule has 0 saturated carbocycles. The molecule has 1 aromatic rings. The highest BCUT2D eigenvalue weighted by Gasteiger charge is 2.00. The third-order valence-corrected chi connectivity index (χ3v) is 3.15. The third-order valence-electron chi connectivity index (χ3n) is 1.81. The van der Waals surface area contributed by atoms with Crippen LogP contribution in [0.3, 0.4) is 0 Å². The number of aryl methyl sites for hydroxylation is 2. The Balaban J connectivity index is 3.21. The van der Waals surface area contributed by atoms with Gasteiger partial charge in [0, 0.05) is 9.80 Å². The lowest BCUT2D eigenvalue weighted by atomic mass is 10.1. The Labute approximate surface area is 84.3 Å². The maximum absolute atomic E-state index is 3.51. The van der Waals surface area contributed by atoms with Crippen molar-refractivity contribution in [3.8, 4) is 0 Å². The maximum atomic E-state index is 3.51. The van der Waals surface area contributed by atoms with Gasteiger partial charge in [-0.3, -0.25) is 0 Å².